The quantitative estimate of drug-likeness (QED) is 0.272. The number of para-hydroxylation sites is 1. The summed E-state index contributed by atoms with van der Waals surface area (Å²) in [5, 5.41) is 3.38. The van der Waals surface area contributed by atoms with Gasteiger partial charge in [0.05, 0.1) is 15.6 Å². The van der Waals surface area contributed by atoms with E-state index in [1.807, 2.05) is 45.0 Å². The zero-order valence-electron chi connectivity index (χ0n) is 24.6. The second-order valence-electron chi connectivity index (χ2n) is 11.0. The van der Waals surface area contributed by atoms with Gasteiger partial charge in [-0.1, -0.05) is 91.9 Å². The van der Waals surface area contributed by atoms with Crippen LogP contribution in [0.25, 0.3) is 0 Å². The summed E-state index contributed by atoms with van der Waals surface area (Å²) in [6.45, 7) is 5.36. The Balaban J connectivity index is 1.72. The molecule has 1 unspecified atom stereocenters. The van der Waals surface area contributed by atoms with Crippen molar-refractivity contribution in [1.82, 2.24) is 10.2 Å². The monoisotopic (exact) mass is 609 g/mol. The van der Waals surface area contributed by atoms with Gasteiger partial charge in [-0.25, -0.2) is 8.42 Å². The maximum Gasteiger partial charge on any atom is 0.264 e. The van der Waals surface area contributed by atoms with E-state index in [-0.39, 0.29) is 34.1 Å². The van der Waals surface area contributed by atoms with Crippen molar-refractivity contribution < 1.29 is 18.0 Å². The molecule has 2 amide bonds. The number of aryl methyl sites for hydroxylation is 2. The highest BCUT2D eigenvalue weighted by Gasteiger charge is 2.35. The van der Waals surface area contributed by atoms with Crippen molar-refractivity contribution in [2.24, 2.45) is 0 Å². The van der Waals surface area contributed by atoms with E-state index in [0.717, 1.165) is 53.1 Å². The summed E-state index contributed by atoms with van der Waals surface area (Å²) in [5.41, 5.74) is 2.98. The van der Waals surface area contributed by atoms with Gasteiger partial charge in [0.25, 0.3) is 10.0 Å². The first-order valence-corrected chi connectivity index (χ1v) is 16.4. The van der Waals surface area contributed by atoms with Gasteiger partial charge < -0.3 is 10.2 Å². The number of benzene rings is 3. The normalized spacial score (nSPS) is 14.7. The van der Waals surface area contributed by atoms with E-state index >= 15 is 0 Å². The van der Waals surface area contributed by atoms with Gasteiger partial charge in [-0.05, 0) is 68.5 Å². The number of nitrogens with one attached hydrogen (secondary N) is 1. The number of carbonyl (C=O) groups is 2. The third-order valence-corrected chi connectivity index (χ3v) is 10.0. The molecular formula is C33H40ClN3O4S. The molecule has 1 aliphatic rings. The third kappa shape index (κ3) is 7.53. The molecular weight excluding hydrogens is 570 g/mol. The van der Waals surface area contributed by atoms with E-state index in [9.17, 15) is 18.0 Å². The van der Waals surface area contributed by atoms with Crippen LogP contribution in [0.15, 0.2) is 77.7 Å². The average molecular weight is 610 g/mol. The van der Waals surface area contributed by atoms with Gasteiger partial charge in [-0.15, -0.1) is 0 Å². The minimum absolute atomic E-state index is 0.0494. The second-order valence-corrected chi connectivity index (χ2v) is 13.3. The molecule has 1 aliphatic carbocycles. The van der Waals surface area contributed by atoms with Gasteiger partial charge in [-0.3, -0.25) is 13.9 Å². The molecule has 0 spiro atoms. The minimum atomic E-state index is -4.18. The summed E-state index contributed by atoms with van der Waals surface area (Å²) in [7, 11) is -4.18. The number of anilines is 1. The average Bonchev–Trinajstić information content (AvgIpc) is 2.98. The summed E-state index contributed by atoms with van der Waals surface area (Å²) in [5.74, 6) is -0.698. The molecule has 1 N–H and O–H groups in total. The standard InChI is InChI=1S/C33H40ClN3O4S/c1-4-30(33(39)35-27-14-6-5-7-15-27)36(22-26-13-9-8-12-25(26)3)32(38)23-37(31-17-11-10-16-29(31)34)42(40,41)28-20-18-24(2)19-21-28/h8-13,16-21,27,30H,4-7,14-15,22-23H2,1-3H3,(H,35,39). The summed E-state index contributed by atoms with van der Waals surface area (Å²) >= 11 is 6.50. The number of nitrogens with zero attached hydrogens (tertiary/aromatic N) is 2. The molecule has 3 aromatic rings. The predicted octanol–water partition coefficient (Wildman–Crippen LogP) is 6.41. The molecule has 1 fully saturated rings. The molecule has 7 nitrogen and oxygen atoms in total. The lowest BCUT2D eigenvalue weighted by molar-refractivity contribution is -0.140. The fraction of sp³-hybridized carbons (Fsp3) is 0.394. The molecule has 4 rings (SSSR count). The van der Waals surface area contributed by atoms with Crippen LogP contribution < -0.4 is 9.62 Å². The van der Waals surface area contributed by atoms with E-state index in [1.165, 1.54) is 17.0 Å². The number of carbonyl (C=O) groups excluding carboxylic acids is 2. The predicted molar refractivity (Wildman–Crippen MR) is 168 cm³/mol. The maximum atomic E-state index is 14.3. The fourth-order valence-corrected chi connectivity index (χ4v) is 7.16. The first kappa shape index (κ1) is 31.6. The minimum Gasteiger partial charge on any atom is -0.352 e. The van der Waals surface area contributed by atoms with Gasteiger partial charge in [0.15, 0.2) is 0 Å². The molecule has 1 atom stereocenters. The lowest BCUT2D eigenvalue weighted by Gasteiger charge is -2.35. The Morgan fingerprint density at radius 3 is 2.21 bits per heavy atom. The molecule has 9 heteroatoms. The van der Waals surface area contributed by atoms with E-state index in [0.29, 0.717) is 6.42 Å². The molecule has 0 radical (unpaired) electrons. The molecule has 0 heterocycles. The number of hydrogen-bond acceptors (Lipinski definition) is 4. The van der Waals surface area contributed by atoms with Gasteiger partial charge in [0.2, 0.25) is 11.8 Å². The SMILES string of the molecule is CCC(C(=O)NC1CCCCC1)N(Cc1ccccc1C)C(=O)CN(c1ccccc1Cl)S(=O)(=O)c1ccc(C)cc1. The Morgan fingerprint density at radius 1 is 0.929 bits per heavy atom. The molecule has 0 saturated heterocycles. The Morgan fingerprint density at radius 2 is 1.57 bits per heavy atom. The van der Waals surface area contributed by atoms with Crippen molar-refractivity contribution >= 4 is 39.1 Å². The van der Waals surface area contributed by atoms with Crippen molar-refractivity contribution in [3.8, 4) is 0 Å². The Bertz CT molecular complexity index is 1490. The van der Waals surface area contributed by atoms with Gasteiger partial charge in [0, 0.05) is 12.6 Å². The zero-order valence-corrected chi connectivity index (χ0v) is 26.1. The molecule has 42 heavy (non-hydrogen) atoms. The third-order valence-electron chi connectivity index (χ3n) is 7.95. The van der Waals surface area contributed by atoms with Gasteiger partial charge in [0.1, 0.15) is 12.6 Å². The highest BCUT2D eigenvalue weighted by Crippen LogP contribution is 2.31. The molecule has 0 aromatic heterocycles. The van der Waals surface area contributed by atoms with Crippen LogP contribution in [0.1, 0.15) is 62.1 Å². The van der Waals surface area contributed by atoms with Crippen LogP contribution in [0.5, 0.6) is 0 Å². The van der Waals surface area contributed by atoms with Crippen LogP contribution in [0.3, 0.4) is 0 Å². The molecule has 3 aromatic carbocycles. The van der Waals surface area contributed by atoms with Crippen LogP contribution in [-0.4, -0.2) is 43.8 Å². The van der Waals surface area contributed by atoms with Crippen molar-refractivity contribution in [3.63, 3.8) is 0 Å². The van der Waals surface area contributed by atoms with E-state index in [1.54, 1.807) is 36.4 Å². The highest BCUT2D eigenvalue weighted by atomic mass is 35.5. The van der Waals surface area contributed by atoms with Crippen LogP contribution >= 0.6 is 11.6 Å². The number of rotatable bonds is 11. The molecule has 1 saturated carbocycles. The van der Waals surface area contributed by atoms with E-state index in [2.05, 4.69) is 5.32 Å². The van der Waals surface area contributed by atoms with E-state index in [4.69, 9.17) is 11.6 Å². The van der Waals surface area contributed by atoms with Crippen molar-refractivity contribution in [2.45, 2.75) is 82.8 Å². The van der Waals surface area contributed by atoms with Crippen LogP contribution in [0, 0.1) is 13.8 Å². The van der Waals surface area contributed by atoms with Gasteiger partial charge >= 0.3 is 0 Å². The Hall–Kier alpha value is -3.36. The smallest absolute Gasteiger partial charge is 0.264 e. The second kappa shape index (κ2) is 14.2. The van der Waals surface area contributed by atoms with Crippen LogP contribution in [0.2, 0.25) is 5.02 Å². The first-order chi connectivity index (χ1) is 20.1. The topological polar surface area (TPSA) is 86.8 Å². The maximum absolute atomic E-state index is 14.3. The van der Waals surface area contributed by atoms with Crippen molar-refractivity contribution in [2.75, 3.05) is 10.8 Å². The summed E-state index contributed by atoms with van der Waals surface area (Å²) in [6.07, 6.45) is 5.52. The number of sulfonamides is 1. The van der Waals surface area contributed by atoms with Gasteiger partial charge in [-0.2, -0.15) is 0 Å². The van der Waals surface area contributed by atoms with Crippen LogP contribution in [0.4, 0.5) is 5.69 Å². The molecule has 224 valence electrons. The lowest BCUT2D eigenvalue weighted by Crippen LogP contribution is -2.54. The van der Waals surface area contributed by atoms with Crippen molar-refractivity contribution in [1.29, 1.82) is 0 Å². The Labute approximate surface area is 254 Å². The van der Waals surface area contributed by atoms with Crippen molar-refractivity contribution in [3.05, 3.63) is 94.5 Å². The first-order valence-electron chi connectivity index (χ1n) is 14.6. The largest absolute Gasteiger partial charge is 0.352 e. The lowest BCUT2D eigenvalue weighted by atomic mass is 9.95. The highest BCUT2D eigenvalue weighted by molar-refractivity contribution is 7.92. The number of halogens is 1. The summed E-state index contributed by atoms with van der Waals surface area (Å²) < 4.78 is 29.1. The number of amides is 2. The van der Waals surface area contributed by atoms with Crippen LogP contribution in [-0.2, 0) is 26.2 Å². The molecule has 0 aliphatic heterocycles. The summed E-state index contributed by atoms with van der Waals surface area (Å²) in [4.78, 5) is 29.5. The fourth-order valence-electron chi connectivity index (χ4n) is 5.44. The van der Waals surface area contributed by atoms with E-state index < -0.39 is 28.5 Å². The summed E-state index contributed by atoms with van der Waals surface area (Å²) in [6, 6.07) is 20.1. The number of hydrogen-bond donors (Lipinski definition) is 1. The zero-order chi connectivity index (χ0) is 30.3. The molecule has 0 bridgehead atoms. The Kier molecular flexibility index (Phi) is 10.7.